The smallest absolute Gasteiger partial charge is 0.0603 e. The van der Waals surface area contributed by atoms with E-state index < -0.39 is 6.75 Å². The van der Waals surface area contributed by atoms with E-state index in [9.17, 15) is 0 Å². The summed E-state index contributed by atoms with van der Waals surface area (Å²) in [4.78, 5) is 4.45. The summed E-state index contributed by atoms with van der Waals surface area (Å²) in [6, 6.07) is 0. The molecule has 0 aromatic rings. The van der Waals surface area contributed by atoms with Crippen molar-refractivity contribution in [2.75, 3.05) is 6.54 Å². The lowest BCUT2D eigenvalue weighted by atomic mass is 10.3. The van der Waals surface area contributed by atoms with Gasteiger partial charge in [-0.2, -0.15) is 12.2 Å². The van der Waals surface area contributed by atoms with Gasteiger partial charge in [0.25, 0.3) is 0 Å². The summed E-state index contributed by atoms with van der Waals surface area (Å²) in [5.74, 6) is 2.04. The van der Waals surface area contributed by atoms with Gasteiger partial charge in [0.1, 0.15) is 0 Å². The van der Waals surface area contributed by atoms with E-state index in [1.165, 1.54) is 0 Å². The van der Waals surface area contributed by atoms with Crippen LogP contribution >= 0.6 is 30.8 Å². The Balaban J connectivity index is 4.34. The Morgan fingerprint density at radius 1 is 1.42 bits per heavy atom. The van der Waals surface area contributed by atoms with Crippen molar-refractivity contribution in [2.45, 2.75) is 32.9 Å². The standard InChI is InChI=1S/C14H25N2PS2/c1-6-13(8-9-17(5)18)15-10-14(7-2)16-11-19-12(3)4/h6-9,11-12,15,17-18H,5,10H2,1-4H3/b9-8-,13-6+,14-7-,16-11+. The van der Waals surface area contributed by atoms with Crippen LogP contribution in [0.5, 0.6) is 0 Å². The van der Waals surface area contributed by atoms with E-state index in [1.54, 1.807) is 11.8 Å². The van der Waals surface area contributed by atoms with Crippen LogP contribution in [0.2, 0.25) is 0 Å². The lowest BCUT2D eigenvalue weighted by molar-refractivity contribution is 0.883. The number of thioether (sulfide) groups is 1. The molecule has 0 spiro atoms. The lowest BCUT2D eigenvalue weighted by Gasteiger charge is -2.07. The molecule has 5 heteroatoms. The van der Waals surface area contributed by atoms with Gasteiger partial charge >= 0.3 is 0 Å². The molecule has 0 aromatic carbocycles. The monoisotopic (exact) mass is 316 g/mol. The van der Waals surface area contributed by atoms with Gasteiger partial charge < -0.3 is 5.32 Å². The molecule has 0 rings (SSSR count). The number of hydrogen-bond acceptors (Lipinski definition) is 4. The lowest BCUT2D eigenvalue weighted by Crippen LogP contribution is -2.14. The predicted molar refractivity (Wildman–Crippen MR) is 100 cm³/mol. The second-order valence-corrected chi connectivity index (χ2v) is 8.59. The van der Waals surface area contributed by atoms with E-state index >= 15 is 0 Å². The van der Waals surface area contributed by atoms with Crippen molar-refractivity contribution in [3.8, 4) is 0 Å². The molecule has 0 saturated heterocycles. The maximum absolute atomic E-state index is 4.45. The predicted octanol–water partition coefficient (Wildman–Crippen LogP) is 4.56. The highest BCUT2D eigenvalue weighted by molar-refractivity contribution is 8.44. The molecule has 0 saturated carbocycles. The molecule has 0 aliphatic heterocycles. The van der Waals surface area contributed by atoms with E-state index in [-0.39, 0.29) is 0 Å². The fraction of sp³-hybridized carbons (Fsp3) is 0.429. The fourth-order valence-electron chi connectivity index (χ4n) is 1.08. The number of hydrogen-bond donors (Lipinski definition) is 2. The van der Waals surface area contributed by atoms with Gasteiger partial charge in [-0.15, -0.1) is 11.8 Å². The quantitative estimate of drug-likeness (QED) is 0.226. The average Bonchev–Trinajstić information content (AvgIpc) is 2.35. The van der Waals surface area contributed by atoms with Crippen LogP contribution in [0.1, 0.15) is 27.7 Å². The van der Waals surface area contributed by atoms with Crippen molar-refractivity contribution < 1.29 is 0 Å². The average molecular weight is 316 g/mol. The number of thiol groups is 1. The van der Waals surface area contributed by atoms with Crippen LogP contribution in [0.3, 0.4) is 0 Å². The minimum atomic E-state index is -0.871. The van der Waals surface area contributed by atoms with Gasteiger partial charge in [0.2, 0.25) is 0 Å². The Morgan fingerprint density at radius 3 is 2.58 bits per heavy atom. The van der Waals surface area contributed by atoms with Crippen molar-refractivity contribution in [1.29, 1.82) is 0 Å². The molecule has 0 bridgehead atoms. The summed E-state index contributed by atoms with van der Waals surface area (Å²) in [6.45, 7) is 8.18. The number of nitrogens with one attached hydrogen (secondary N) is 1. The molecule has 19 heavy (non-hydrogen) atoms. The largest absolute Gasteiger partial charge is 0.380 e. The van der Waals surface area contributed by atoms with Crippen LogP contribution in [0.4, 0.5) is 0 Å². The summed E-state index contributed by atoms with van der Waals surface area (Å²) in [6.07, 6.45) is 10.00. The molecular formula is C14H25N2PS2. The van der Waals surface area contributed by atoms with E-state index in [2.05, 4.69) is 42.7 Å². The van der Waals surface area contributed by atoms with E-state index in [0.717, 1.165) is 17.9 Å². The molecule has 0 aromatic heterocycles. The number of allylic oxidation sites excluding steroid dienone is 3. The maximum atomic E-state index is 4.45. The van der Waals surface area contributed by atoms with Crippen molar-refractivity contribution in [3.63, 3.8) is 0 Å². The molecule has 1 unspecified atom stereocenters. The Bertz CT molecular complexity index is 396. The van der Waals surface area contributed by atoms with Crippen LogP contribution < -0.4 is 5.32 Å². The molecule has 0 aliphatic carbocycles. The highest BCUT2D eigenvalue weighted by atomic mass is 32.7. The van der Waals surface area contributed by atoms with E-state index in [1.807, 2.05) is 43.4 Å². The van der Waals surface area contributed by atoms with Gasteiger partial charge in [0.15, 0.2) is 0 Å². The van der Waals surface area contributed by atoms with Gasteiger partial charge in [-0.05, 0) is 19.9 Å². The van der Waals surface area contributed by atoms with Crippen molar-refractivity contribution in [2.24, 2.45) is 4.99 Å². The van der Waals surface area contributed by atoms with Crippen LogP contribution in [0, 0.1) is 0 Å². The third kappa shape index (κ3) is 11.2. The number of nitrogens with zero attached hydrogens (tertiary/aromatic N) is 1. The SMILES string of the molecule is C=[PH](S)/C=C\C(=C/C)NCC(=C/C)/N=C/SC(C)C. The van der Waals surface area contributed by atoms with Gasteiger partial charge in [0, 0.05) is 10.9 Å². The minimum Gasteiger partial charge on any atom is -0.380 e. The van der Waals surface area contributed by atoms with E-state index in [4.69, 9.17) is 0 Å². The molecule has 0 heterocycles. The third-order valence-corrected chi connectivity index (χ3v) is 3.89. The Labute approximate surface area is 128 Å². The zero-order valence-electron chi connectivity index (χ0n) is 12.2. The molecular weight excluding hydrogens is 291 g/mol. The van der Waals surface area contributed by atoms with Crippen LogP contribution in [-0.2, 0) is 0 Å². The van der Waals surface area contributed by atoms with Crippen LogP contribution in [-0.4, -0.2) is 23.6 Å². The normalized spacial score (nSPS) is 15.7. The molecule has 0 radical (unpaired) electrons. The highest BCUT2D eigenvalue weighted by Crippen LogP contribution is 2.26. The molecule has 0 amide bonds. The second-order valence-electron chi connectivity index (χ2n) is 4.12. The first-order valence-electron chi connectivity index (χ1n) is 6.28. The second kappa shape index (κ2) is 11.5. The Hall–Kier alpha value is -0.310. The third-order valence-electron chi connectivity index (χ3n) is 2.12. The van der Waals surface area contributed by atoms with Gasteiger partial charge in [-0.25, -0.2) is 0 Å². The summed E-state index contributed by atoms with van der Waals surface area (Å²) < 4.78 is 0. The van der Waals surface area contributed by atoms with E-state index in [0.29, 0.717) is 5.25 Å². The van der Waals surface area contributed by atoms with Crippen molar-refractivity contribution in [3.05, 3.63) is 35.4 Å². The van der Waals surface area contributed by atoms with Crippen molar-refractivity contribution in [1.82, 2.24) is 5.32 Å². The molecule has 0 fully saturated rings. The van der Waals surface area contributed by atoms with Crippen molar-refractivity contribution >= 4 is 42.6 Å². The van der Waals surface area contributed by atoms with Crippen LogP contribution in [0.15, 0.2) is 40.4 Å². The Kier molecular flexibility index (Phi) is 11.3. The summed E-state index contributed by atoms with van der Waals surface area (Å²) in [7, 11) is 0. The molecule has 1 N–H and O–H groups in total. The summed E-state index contributed by atoms with van der Waals surface area (Å²) in [5, 5.41) is 3.92. The van der Waals surface area contributed by atoms with Gasteiger partial charge in [-0.3, -0.25) is 4.99 Å². The molecule has 0 aliphatic rings. The first kappa shape index (κ1) is 18.7. The number of aliphatic imine (C=N–C) groups is 1. The Morgan fingerprint density at radius 2 is 2.11 bits per heavy atom. The van der Waals surface area contributed by atoms with Gasteiger partial charge in [0.05, 0.1) is 17.8 Å². The first-order valence-corrected chi connectivity index (χ1v) is 10.3. The maximum Gasteiger partial charge on any atom is 0.0603 e. The zero-order valence-corrected chi connectivity index (χ0v) is 14.9. The minimum absolute atomic E-state index is 0.567. The van der Waals surface area contributed by atoms with Gasteiger partial charge in [-0.1, -0.05) is 44.9 Å². The highest BCUT2D eigenvalue weighted by Gasteiger charge is 1.95. The summed E-state index contributed by atoms with van der Waals surface area (Å²) in [5.41, 5.74) is 4.02. The molecule has 2 nitrogen and oxygen atoms in total. The first-order chi connectivity index (χ1) is 8.99. The zero-order chi connectivity index (χ0) is 14.7. The number of rotatable bonds is 8. The molecule has 108 valence electrons. The molecule has 1 atom stereocenters. The topological polar surface area (TPSA) is 24.4 Å². The summed E-state index contributed by atoms with van der Waals surface area (Å²) >= 11 is 6.04. The van der Waals surface area contributed by atoms with Crippen LogP contribution in [0.25, 0.3) is 0 Å². The fourth-order valence-corrected chi connectivity index (χ4v) is 2.11.